The van der Waals surface area contributed by atoms with Crippen molar-refractivity contribution in [3.63, 3.8) is 0 Å². The first-order chi connectivity index (χ1) is 7.98. The Morgan fingerprint density at radius 3 is 2.59 bits per heavy atom. The smallest absolute Gasteiger partial charge is 0.162 e. The Kier molecular flexibility index (Phi) is 3.21. The maximum Gasteiger partial charge on any atom is 0.162 e. The van der Waals surface area contributed by atoms with E-state index in [1.54, 1.807) is 19.1 Å². The van der Waals surface area contributed by atoms with E-state index in [1.807, 2.05) is 14.0 Å². The average molecular weight is 239 g/mol. The van der Waals surface area contributed by atoms with E-state index in [1.165, 1.54) is 0 Å². The molecule has 1 aromatic rings. The Hall–Kier alpha value is -0.960. The first kappa shape index (κ1) is 12.5. The molecule has 2 atom stereocenters. The zero-order valence-corrected chi connectivity index (χ0v) is 10.6. The Bertz CT molecular complexity index is 430. The second-order valence-electron chi connectivity index (χ2n) is 5.35. The molecule has 1 aromatic carbocycles. The Balaban J connectivity index is 2.38. The van der Waals surface area contributed by atoms with E-state index in [-0.39, 0.29) is 5.41 Å². The Labute approximate surface area is 101 Å². The number of benzene rings is 1. The Morgan fingerprint density at radius 2 is 2.00 bits per heavy atom. The van der Waals surface area contributed by atoms with Crippen LogP contribution in [0.15, 0.2) is 12.1 Å². The van der Waals surface area contributed by atoms with E-state index >= 15 is 0 Å². The van der Waals surface area contributed by atoms with Crippen molar-refractivity contribution in [3.05, 3.63) is 34.9 Å². The van der Waals surface area contributed by atoms with Crippen molar-refractivity contribution in [2.45, 2.75) is 44.6 Å². The van der Waals surface area contributed by atoms with Gasteiger partial charge in [-0.2, -0.15) is 0 Å². The number of aryl methyl sites for hydroxylation is 1. The number of rotatable bonds is 2. The van der Waals surface area contributed by atoms with E-state index in [0.717, 1.165) is 19.3 Å². The monoisotopic (exact) mass is 239 g/mol. The van der Waals surface area contributed by atoms with Crippen LogP contribution in [0.3, 0.4) is 0 Å². The third-order valence-electron chi connectivity index (χ3n) is 4.08. The molecule has 0 spiro atoms. The summed E-state index contributed by atoms with van der Waals surface area (Å²) < 4.78 is 27.6. The van der Waals surface area contributed by atoms with Gasteiger partial charge in [0.1, 0.15) is 0 Å². The van der Waals surface area contributed by atoms with E-state index in [9.17, 15) is 8.78 Å². The lowest BCUT2D eigenvalue weighted by molar-refractivity contribution is 0.418. The lowest BCUT2D eigenvalue weighted by Gasteiger charge is -2.26. The van der Waals surface area contributed by atoms with Crippen molar-refractivity contribution in [1.82, 2.24) is 5.32 Å². The van der Waals surface area contributed by atoms with Gasteiger partial charge in [-0.25, -0.2) is 8.78 Å². The van der Waals surface area contributed by atoms with Gasteiger partial charge in [0.2, 0.25) is 0 Å². The maximum absolute atomic E-state index is 14.0. The molecule has 0 bridgehead atoms. The Morgan fingerprint density at radius 1 is 1.29 bits per heavy atom. The third kappa shape index (κ3) is 2.08. The van der Waals surface area contributed by atoms with Gasteiger partial charge in [-0.05, 0) is 49.8 Å². The minimum Gasteiger partial charge on any atom is -0.317 e. The summed E-state index contributed by atoms with van der Waals surface area (Å²) in [6.45, 7) is 3.62. The van der Waals surface area contributed by atoms with Crippen LogP contribution in [0.25, 0.3) is 0 Å². The molecule has 0 saturated heterocycles. The van der Waals surface area contributed by atoms with Gasteiger partial charge in [-0.15, -0.1) is 0 Å². The van der Waals surface area contributed by atoms with Crippen LogP contribution in [0.1, 0.15) is 37.3 Å². The van der Waals surface area contributed by atoms with Crippen LogP contribution in [0.2, 0.25) is 0 Å². The molecular weight excluding hydrogens is 220 g/mol. The lowest BCUT2D eigenvalue weighted by atomic mass is 9.80. The molecule has 2 rings (SSSR count). The molecule has 2 unspecified atom stereocenters. The van der Waals surface area contributed by atoms with Crippen molar-refractivity contribution in [1.29, 1.82) is 0 Å². The summed E-state index contributed by atoms with van der Waals surface area (Å²) in [4.78, 5) is 0. The van der Waals surface area contributed by atoms with Crippen LogP contribution in [-0.2, 0) is 5.41 Å². The highest BCUT2D eigenvalue weighted by Gasteiger charge is 2.38. The summed E-state index contributed by atoms with van der Waals surface area (Å²) in [6.07, 6.45) is 2.78. The standard InChI is InChI=1S/C14H19F2N/c1-9-4-5-11(13(16)12(9)15)14(2)7-6-10(8-14)17-3/h4-5,10,17H,6-8H2,1-3H3. The van der Waals surface area contributed by atoms with Crippen molar-refractivity contribution in [2.24, 2.45) is 0 Å². The second-order valence-corrected chi connectivity index (χ2v) is 5.35. The fraction of sp³-hybridized carbons (Fsp3) is 0.571. The first-order valence-corrected chi connectivity index (χ1v) is 6.10. The van der Waals surface area contributed by atoms with Crippen molar-refractivity contribution in [3.8, 4) is 0 Å². The molecule has 3 heteroatoms. The van der Waals surface area contributed by atoms with Crippen LogP contribution in [-0.4, -0.2) is 13.1 Å². The molecule has 1 aliphatic carbocycles. The zero-order valence-electron chi connectivity index (χ0n) is 10.6. The van der Waals surface area contributed by atoms with Crippen molar-refractivity contribution >= 4 is 0 Å². The topological polar surface area (TPSA) is 12.0 Å². The molecule has 0 aliphatic heterocycles. The van der Waals surface area contributed by atoms with Gasteiger partial charge < -0.3 is 5.32 Å². The van der Waals surface area contributed by atoms with Crippen LogP contribution in [0.5, 0.6) is 0 Å². The minimum atomic E-state index is -0.698. The fourth-order valence-electron chi connectivity index (χ4n) is 2.84. The van der Waals surface area contributed by atoms with Gasteiger partial charge in [-0.3, -0.25) is 0 Å². The van der Waals surface area contributed by atoms with Gasteiger partial charge in [0.05, 0.1) is 0 Å². The van der Waals surface area contributed by atoms with Crippen molar-refractivity contribution in [2.75, 3.05) is 7.05 Å². The highest BCUT2D eigenvalue weighted by Crippen LogP contribution is 2.42. The summed E-state index contributed by atoms with van der Waals surface area (Å²) in [5.41, 5.74) is 0.656. The predicted molar refractivity (Wildman–Crippen MR) is 65.1 cm³/mol. The van der Waals surface area contributed by atoms with Crippen molar-refractivity contribution < 1.29 is 8.78 Å². The molecule has 1 fully saturated rings. The predicted octanol–water partition coefficient (Wildman–Crippen LogP) is 3.30. The molecule has 17 heavy (non-hydrogen) atoms. The third-order valence-corrected chi connectivity index (χ3v) is 4.08. The molecule has 1 aliphatic rings. The fourth-order valence-corrected chi connectivity index (χ4v) is 2.84. The molecule has 1 N–H and O–H groups in total. The highest BCUT2D eigenvalue weighted by atomic mass is 19.2. The summed E-state index contributed by atoms with van der Waals surface area (Å²) in [6, 6.07) is 3.82. The van der Waals surface area contributed by atoms with Crippen LogP contribution in [0, 0.1) is 18.6 Å². The van der Waals surface area contributed by atoms with Gasteiger partial charge >= 0.3 is 0 Å². The van der Waals surface area contributed by atoms with Crippen LogP contribution in [0.4, 0.5) is 8.78 Å². The van der Waals surface area contributed by atoms with E-state index in [2.05, 4.69) is 5.32 Å². The summed E-state index contributed by atoms with van der Waals surface area (Å²) >= 11 is 0. The summed E-state index contributed by atoms with van der Waals surface area (Å²) in [5.74, 6) is -1.36. The minimum absolute atomic E-state index is 0.244. The number of halogens is 2. The number of nitrogens with one attached hydrogen (secondary N) is 1. The summed E-state index contributed by atoms with van der Waals surface area (Å²) in [7, 11) is 1.92. The van der Waals surface area contributed by atoms with Gasteiger partial charge in [0.25, 0.3) is 0 Å². The molecule has 0 radical (unpaired) electrons. The molecular formula is C14H19F2N. The summed E-state index contributed by atoms with van der Waals surface area (Å²) in [5, 5.41) is 3.22. The largest absolute Gasteiger partial charge is 0.317 e. The van der Waals surface area contributed by atoms with E-state index < -0.39 is 11.6 Å². The number of hydrogen-bond acceptors (Lipinski definition) is 1. The molecule has 94 valence electrons. The first-order valence-electron chi connectivity index (χ1n) is 6.10. The van der Waals surface area contributed by atoms with Gasteiger partial charge in [0.15, 0.2) is 11.6 Å². The van der Waals surface area contributed by atoms with Gasteiger partial charge in [0, 0.05) is 6.04 Å². The van der Waals surface area contributed by atoms with Crippen LogP contribution < -0.4 is 5.32 Å². The quantitative estimate of drug-likeness (QED) is 0.835. The normalized spacial score (nSPS) is 28.6. The molecule has 1 nitrogen and oxygen atoms in total. The van der Waals surface area contributed by atoms with E-state index in [0.29, 0.717) is 17.2 Å². The molecule has 0 heterocycles. The molecule has 0 amide bonds. The van der Waals surface area contributed by atoms with Crippen LogP contribution >= 0.6 is 0 Å². The maximum atomic E-state index is 14.0. The zero-order chi connectivity index (χ0) is 12.6. The van der Waals surface area contributed by atoms with E-state index in [4.69, 9.17) is 0 Å². The lowest BCUT2D eigenvalue weighted by Crippen LogP contribution is -2.26. The molecule has 0 aromatic heterocycles. The van der Waals surface area contributed by atoms with Gasteiger partial charge in [-0.1, -0.05) is 19.1 Å². The number of hydrogen-bond donors (Lipinski definition) is 1. The second kappa shape index (κ2) is 4.37. The SMILES string of the molecule is CNC1CCC(C)(c2ccc(C)c(F)c2F)C1. The molecule has 1 saturated carbocycles. The highest BCUT2D eigenvalue weighted by molar-refractivity contribution is 5.32. The average Bonchev–Trinajstić information content (AvgIpc) is 2.69.